The Balaban J connectivity index is 2.11. The van der Waals surface area contributed by atoms with Crippen LogP contribution in [0.5, 0.6) is 0 Å². The minimum atomic E-state index is -0.812. The summed E-state index contributed by atoms with van der Waals surface area (Å²) in [5, 5.41) is 9.54. The summed E-state index contributed by atoms with van der Waals surface area (Å²) in [6.07, 6.45) is 5.23. The van der Waals surface area contributed by atoms with Crippen molar-refractivity contribution in [1.29, 1.82) is 0 Å². The Kier molecular flexibility index (Phi) is 4.29. The maximum atomic E-state index is 10.6. The molecule has 2 unspecified atom stereocenters. The van der Waals surface area contributed by atoms with Crippen LogP contribution < -0.4 is 0 Å². The molecule has 1 aromatic heterocycles. The zero-order valence-electron chi connectivity index (χ0n) is 10.6. The summed E-state index contributed by atoms with van der Waals surface area (Å²) < 4.78 is 7.54. The Morgan fingerprint density at radius 2 is 2.44 bits per heavy atom. The van der Waals surface area contributed by atoms with Gasteiger partial charge in [-0.25, -0.2) is 4.98 Å². The van der Waals surface area contributed by atoms with Crippen LogP contribution in [-0.4, -0.2) is 39.6 Å². The van der Waals surface area contributed by atoms with Gasteiger partial charge in [0.15, 0.2) is 5.16 Å². The van der Waals surface area contributed by atoms with E-state index in [1.54, 1.807) is 7.11 Å². The van der Waals surface area contributed by atoms with E-state index in [-0.39, 0.29) is 5.75 Å². The predicted octanol–water partition coefficient (Wildman–Crippen LogP) is 2.11. The van der Waals surface area contributed by atoms with Crippen LogP contribution in [-0.2, 0) is 9.53 Å². The summed E-state index contributed by atoms with van der Waals surface area (Å²) in [7, 11) is 1.74. The maximum absolute atomic E-state index is 10.6. The number of carboxylic acids is 1. The molecule has 5 nitrogen and oxygen atoms in total. The third-order valence-corrected chi connectivity index (χ3v) is 4.28. The third-order valence-electron chi connectivity index (χ3n) is 3.33. The molecular weight excluding hydrogens is 252 g/mol. The average molecular weight is 270 g/mol. The van der Waals surface area contributed by atoms with Crippen molar-refractivity contribution in [3.05, 3.63) is 11.9 Å². The Hall–Kier alpha value is -1.01. The normalized spacial score (nSPS) is 23.4. The molecule has 1 saturated carbocycles. The molecule has 6 heteroatoms. The highest BCUT2D eigenvalue weighted by Gasteiger charge is 2.28. The number of nitrogens with zero attached hydrogens (tertiary/aromatic N) is 2. The van der Waals surface area contributed by atoms with Crippen LogP contribution in [0, 0.1) is 6.92 Å². The number of aryl methyl sites for hydroxylation is 1. The van der Waals surface area contributed by atoms with Crippen LogP contribution in [0.4, 0.5) is 0 Å². The number of imidazole rings is 1. The fourth-order valence-electron chi connectivity index (χ4n) is 2.47. The SMILES string of the molecule is COC1CCC(n2c(C)cnc2SCC(=O)O)C1. The van der Waals surface area contributed by atoms with Crippen LogP contribution >= 0.6 is 11.8 Å². The highest BCUT2D eigenvalue weighted by molar-refractivity contribution is 7.99. The van der Waals surface area contributed by atoms with E-state index < -0.39 is 5.97 Å². The first kappa shape index (κ1) is 13.4. The molecule has 0 spiro atoms. The lowest BCUT2D eigenvalue weighted by molar-refractivity contribution is -0.133. The van der Waals surface area contributed by atoms with Crippen LogP contribution in [0.15, 0.2) is 11.4 Å². The summed E-state index contributed by atoms with van der Waals surface area (Å²) in [6, 6.07) is 0.383. The van der Waals surface area contributed by atoms with Crippen molar-refractivity contribution in [1.82, 2.24) is 9.55 Å². The van der Waals surface area contributed by atoms with Gasteiger partial charge in [0.2, 0.25) is 0 Å². The van der Waals surface area contributed by atoms with E-state index >= 15 is 0 Å². The van der Waals surface area contributed by atoms with E-state index in [2.05, 4.69) is 9.55 Å². The van der Waals surface area contributed by atoms with E-state index in [1.807, 2.05) is 13.1 Å². The minimum absolute atomic E-state index is 0.0525. The standard InChI is InChI=1S/C12H18N2O3S/c1-8-6-13-12(18-7-11(15)16)14(8)9-3-4-10(5-9)17-2/h6,9-10H,3-5,7H2,1-2H3,(H,15,16). The number of hydrogen-bond acceptors (Lipinski definition) is 4. The zero-order chi connectivity index (χ0) is 13.1. The number of thioether (sulfide) groups is 1. The molecule has 1 N–H and O–H groups in total. The van der Waals surface area contributed by atoms with Gasteiger partial charge in [-0.05, 0) is 26.2 Å². The first-order chi connectivity index (χ1) is 8.61. The van der Waals surface area contributed by atoms with Gasteiger partial charge in [-0.15, -0.1) is 0 Å². The molecule has 0 radical (unpaired) electrons. The minimum Gasteiger partial charge on any atom is -0.481 e. The molecule has 1 aliphatic rings. The van der Waals surface area contributed by atoms with Gasteiger partial charge in [-0.3, -0.25) is 4.79 Å². The zero-order valence-corrected chi connectivity index (χ0v) is 11.4. The molecule has 0 saturated heterocycles. The van der Waals surface area contributed by atoms with Crippen molar-refractivity contribution in [3.8, 4) is 0 Å². The van der Waals surface area contributed by atoms with Crippen molar-refractivity contribution < 1.29 is 14.6 Å². The maximum Gasteiger partial charge on any atom is 0.313 e. The number of ether oxygens (including phenoxy) is 1. The molecule has 0 bridgehead atoms. The highest BCUT2D eigenvalue weighted by atomic mass is 32.2. The van der Waals surface area contributed by atoms with Gasteiger partial charge < -0.3 is 14.4 Å². The number of rotatable bonds is 5. The van der Waals surface area contributed by atoms with Gasteiger partial charge in [-0.1, -0.05) is 11.8 Å². The average Bonchev–Trinajstić information content (AvgIpc) is 2.92. The molecule has 1 aliphatic carbocycles. The lowest BCUT2D eigenvalue weighted by atomic mass is 10.2. The molecule has 18 heavy (non-hydrogen) atoms. The van der Waals surface area contributed by atoms with Gasteiger partial charge >= 0.3 is 5.97 Å². The Labute approximate surface area is 111 Å². The van der Waals surface area contributed by atoms with Gasteiger partial charge in [0.25, 0.3) is 0 Å². The first-order valence-corrected chi connectivity index (χ1v) is 7.01. The van der Waals surface area contributed by atoms with Gasteiger partial charge in [-0.2, -0.15) is 0 Å². The van der Waals surface area contributed by atoms with Crippen molar-refractivity contribution in [2.45, 2.75) is 43.5 Å². The van der Waals surface area contributed by atoms with Gasteiger partial charge in [0.1, 0.15) is 0 Å². The monoisotopic (exact) mass is 270 g/mol. The summed E-state index contributed by atoms with van der Waals surface area (Å²) in [4.78, 5) is 14.9. The summed E-state index contributed by atoms with van der Waals surface area (Å²) in [6.45, 7) is 2.01. The second-order valence-corrected chi connectivity index (χ2v) is 5.50. The van der Waals surface area contributed by atoms with Gasteiger partial charge in [0.05, 0.1) is 11.9 Å². The molecule has 0 aliphatic heterocycles. The van der Waals surface area contributed by atoms with Crippen molar-refractivity contribution in [3.63, 3.8) is 0 Å². The van der Waals surface area contributed by atoms with Crippen molar-refractivity contribution in [2.24, 2.45) is 0 Å². The summed E-state index contributed by atoms with van der Waals surface area (Å²) >= 11 is 1.28. The van der Waals surface area contributed by atoms with E-state index in [0.29, 0.717) is 12.1 Å². The number of aliphatic carboxylic acids is 1. The van der Waals surface area contributed by atoms with Crippen molar-refractivity contribution in [2.75, 3.05) is 12.9 Å². The van der Waals surface area contributed by atoms with Crippen LogP contribution in [0.2, 0.25) is 0 Å². The predicted molar refractivity (Wildman–Crippen MR) is 69.0 cm³/mol. The number of methoxy groups -OCH3 is 1. The lowest BCUT2D eigenvalue weighted by Crippen LogP contribution is -2.12. The lowest BCUT2D eigenvalue weighted by Gasteiger charge is -2.17. The summed E-state index contributed by atoms with van der Waals surface area (Å²) in [5.74, 6) is -0.759. The van der Waals surface area contributed by atoms with E-state index in [9.17, 15) is 4.79 Å². The van der Waals surface area contributed by atoms with E-state index in [4.69, 9.17) is 9.84 Å². The van der Waals surface area contributed by atoms with Crippen LogP contribution in [0.3, 0.4) is 0 Å². The Morgan fingerprint density at radius 1 is 1.67 bits per heavy atom. The van der Waals surface area contributed by atoms with Crippen LogP contribution in [0.25, 0.3) is 0 Å². The quantitative estimate of drug-likeness (QED) is 0.830. The molecule has 2 atom stereocenters. The van der Waals surface area contributed by atoms with Gasteiger partial charge in [0, 0.05) is 25.0 Å². The third kappa shape index (κ3) is 2.87. The molecule has 1 aromatic rings. The largest absolute Gasteiger partial charge is 0.481 e. The molecular formula is C12H18N2O3S. The Bertz CT molecular complexity index is 433. The molecule has 2 rings (SSSR count). The second-order valence-electron chi connectivity index (χ2n) is 4.56. The number of hydrogen-bond donors (Lipinski definition) is 1. The van der Waals surface area contributed by atoms with Crippen LogP contribution in [0.1, 0.15) is 31.0 Å². The fourth-order valence-corrected chi connectivity index (χ4v) is 3.28. The van der Waals surface area contributed by atoms with E-state index in [0.717, 1.165) is 30.1 Å². The molecule has 100 valence electrons. The number of carboxylic acid groups (broad SMARTS) is 1. The first-order valence-electron chi connectivity index (χ1n) is 6.03. The molecule has 1 fully saturated rings. The topological polar surface area (TPSA) is 64.4 Å². The highest BCUT2D eigenvalue weighted by Crippen LogP contribution is 2.35. The van der Waals surface area contributed by atoms with Crippen molar-refractivity contribution >= 4 is 17.7 Å². The fraction of sp³-hybridized carbons (Fsp3) is 0.667. The molecule has 1 heterocycles. The molecule has 0 aromatic carbocycles. The number of carbonyl (C=O) groups is 1. The number of aromatic nitrogens is 2. The molecule has 0 amide bonds. The second kappa shape index (κ2) is 5.75. The van der Waals surface area contributed by atoms with E-state index in [1.165, 1.54) is 11.8 Å². The summed E-state index contributed by atoms with van der Waals surface area (Å²) in [5.41, 5.74) is 1.09. The Morgan fingerprint density at radius 3 is 3.06 bits per heavy atom. The smallest absolute Gasteiger partial charge is 0.313 e.